The van der Waals surface area contributed by atoms with Gasteiger partial charge in [-0.15, -0.1) is 0 Å². The van der Waals surface area contributed by atoms with E-state index in [9.17, 15) is 14.4 Å². The van der Waals surface area contributed by atoms with E-state index in [0.29, 0.717) is 18.4 Å². The van der Waals surface area contributed by atoms with Gasteiger partial charge in [0.15, 0.2) is 0 Å². The molecule has 0 saturated carbocycles. The number of amides is 2. The van der Waals surface area contributed by atoms with Gasteiger partial charge in [-0.1, -0.05) is 68.8 Å². The summed E-state index contributed by atoms with van der Waals surface area (Å²) in [4.78, 5) is 38.3. The third kappa shape index (κ3) is 7.55. The van der Waals surface area contributed by atoms with Gasteiger partial charge in [0, 0.05) is 12.0 Å². The van der Waals surface area contributed by atoms with E-state index >= 15 is 0 Å². The Hall–Kier alpha value is -3.15. The second kappa shape index (κ2) is 11.9. The molecule has 0 aliphatic rings. The average molecular weight is 425 g/mol. The van der Waals surface area contributed by atoms with Gasteiger partial charge in [-0.25, -0.2) is 4.79 Å². The van der Waals surface area contributed by atoms with Crippen molar-refractivity contribution < 1.29 is 19.1 Å². The molecule has 0 fully saturated rings. The van der Waals surface area contributed by atoms with Crippen molar-refractivity contribution in [2.24, 2.45) is 5.92 Å². The largest absolute Gasteiger partial charge is 0.464 e. The van der Waals surface area contributed by atoms with Crippen LogP contribution in [0.2, 0.25) is 0 Å². The Bertz CT molecular complexity index is 863. The highest BCUT2D eigenvalue weighted by atomic mass is 16.5. The van der Waals surface area contributed by atoms with E-state index in [4.69, 9.17) is 4.74 Å². The molecule has 0 aliphatic heterocycles. The summed E-state index contributed by atoms with van der Waals surface area (Å²) < 4.78 is 5.29. The lowest BCUT2D eigenvalue weighted by molar-refractivity contribution is -0.148. The normalized spacial score (nSPS) is 12.7. The quantitative estimate of drug-likeness (QED) is 0.573. The van der Waals surface area contributed by atoms with E-state index in [1.54, 1.807) is 12.1 Å². The minimum Gasteiger partial charge on any atom is -0.464 e. The van der Waals surface area contributed by atoms with Crippen LogP contribution in [0, 0.1) is 12.8 Å². The molecular formula is C25H32N2O4. The van der Waals surface area contributed by atoms with Crippen molar-refractivity contribution in [3.05, 3.63) is 71.3 Å². The van der Waals surface area contributed by atoms with Gasteiger partial charge in [-0.05, 0) is 37.0 Å². The summed E-state index contributed by atoms with van der Waals surface area (Å²) in [5, 5.41) is 5.59. The van der Waals surface area contributed by atoms with E-state index < -0.39 is 24.0 Å². The summed E-state index contributed by atoms with van der Waals surface area (Å²) in [6.45, 7) is 7.84. The molecule has 0 spiro atoms. The van der Waals surface area contributed by atoms with E-state index in [-0.39, 0.29) is 18.4 Å². The van der Waals surface area contributed by atoms with Gasteiger partial charge in [0.25, 0.3) is 5.91 Å². The smallest absolute Gasteiger partial charge is 0.328 e. The lowest BCUT2D eigenvalue weighted by atomic mass is 10.0. The van der Waals surface area contributed by atoms with E-state index in [1.165, 1.54) is 0 Å². The Morgan fingerprint density at radius 2 is 1.58 bits per heavy atom. The number of aryl methyl sites for hydroxylation is 1. The zero-order valence-electron chi connectivity index (χ0n) is 18.7. The van der Waals surface area contributed by atoms with Crippen molar-refractivity contribution in [1.82, 2.24) is 10.6 Å². The van der Waals surface area contributed by atoms with Crippen molar-refractivity contribution in [2.45, 2.75) is 52.6 Å². The first-order chi connectivity index (χ1) is 14.8. The van der Waals surface area contributed by atoms with Crippen LogP contribution in [0.15, 0.2) is 54.6 Å². The SMILES string of the molecule is CCCOC(=O)[C@@H](Cc1ccccc1)NC(=O)[C@H](NC(=O)c1ccc(C)cc1)C(C)C. The molecule has 2 amide bonds. The number of carbonyl (C=O) groups is 3. The Morgan fingerprint density at radius 3 is 2.16 bits per heavy atom. The zero-order valence-corrected chi connectivity index (χ0v) is 18.7. The molecule has 0 radical (unpaired) electrons. The van der Waals surface area contributed by atoms with Crippen molar-refractivity contribution in [1.29, 1.82) is 0 Å². The maximum atomic E-state index is 13.1. The first-order valence-electron chi connectivity index (χ1n) is 10.7. The molecule has 2 rings (SSSR count). The third-order valence-corrected chi connectivity index (χ3v) is 4.88. The van der Waals surface area contributed by atoms with Crippen LogP contribution in [-0.4, -0.2) is 36.5 Å². The van der Waals surface area contributed by atoms with Crippen molar-refractivity contribution >= 4 is 17.8 Å². The van der Waals surface area contributed by atoms with Crippen LogP contribution in [-0.2, 0) is 20.7 Å². The molecule has 2 aromatic rings. The first kappa shape index (κ1) is 24.1. The Labute approximate surface area is 184 Å². The maximum absolute atomic E-state index is 13.1. The number of esters is 1. The van der Waals surface area contributed by atoms with Gasteiger partial charge < -0.3 is 15.4 Å². The molecule has 6 nitrogen and oxygen atoms in total. The summed E-state index contributed by atoms with van der Waals surface area (Å²) in [7, 11) is 0. The standard InChI is InChI=1S/C25H32N2O4/c1-5-15-31-25(30)21(16-19-9-7-6-8-10-19)26-24(29)22(17(2)3)27-23(28)20-13-11-18(4)12-14-20/h6-14,17,21-22H,5,15-16H2,1-4H3,(H,26,29)(H,27,28)/t21-,22-/m1/s1. The van der Waals surface area contributed by atoms with E-state index in [2.05, 4.69) is 10.6 Å². The lowest BCUT2D eigenvalue weighted by Gasteiger charge is -2.25. The monoisotopic (exact) mass is 424 g/mol. The molecule has 0 unspecified atom stereocenters. The summed E-state index contributed by atoms with van der Waals surface area (Å²) >= 11 is 0. The van der Waals surface area contributed by atoms with Crippen LogP contribution in [0.4, 0.5) is 0 Å². The van der Waals surface area contributed by atoms with Gasteiger partial charge >= 0.3 is 5.97 Å². The van der Waals surface area contributed by atoms with Crippen LogP contribution < -0.4 is 10.6 Å². The number of benzene rings is 2. The Morgan fingerprint density at radius 1 is 0.935 bits per heavy atom. The molecule has 2 N–H and O–H groups in total. The predicted octanol–water partition coefficient (Wildman–Crippen LogP) is 3.43. The van der Waals surface area contributed by atoms with Gasteiger partial charge in [0.05, 0.1) is 6.61 Å². The molecule has 166 valence electrons. The van der Waals surface area contributed by atoms with Gasteiger partial charge in [0.2, 0.25) is 5.91 Å². The van der Waals surface area contributed by atoms with Crippen LogP contribution in [0.3, 0.4) is 0 Å². The average Bonchev–Trinajstić information content (AvgIpc) is 2.76. The minimum absolute atomic E-state index is 0.168. The maximum Gasteiger partial charge on any atom is 0.328 e. The number of nitrogens with one attached hydrogen (secondary N) is 2. The van der Waals surface area contributed by atoms with Crippen LogP contribution >= 0.6 is 0 Å². The fourth-order valence-electron chi connectivity index (χ4n) is 3.07. The van der Waals surface area contributed by atoms with Crippen LogP contribution in [0.25, 0.3) is 0 Å². The number of hydrogen-bond acceptors (Lipinski definition) is 4. The molecule has 6 heteroatoms. The second-order valence-corrected chi connectivity index (χ2v) is 7.98. The molecule has 0 aromatic heterocycles. The zero-order chi connectivity index (χ0) is 22.8. The van der Waals surface area contributed by atoms with E-state index in [1.807, 2.05) is 70.2 Å². The first-order valence-corrected chi connectivity index (χ1v) is 10.7. The topological polar surface area (TPSA) is 84.5 Å². The summed E-state index contributed by atoms with van der Waals surface area (Å²) in [5.41, 5.74) is 2.43. The van der Waals surface area contributed by atoms with Gasteiger partial charge in [-0.2, -0.15) is 0 Å². The third-order valence-electron chi connectivity index (χ3n) is 4.88. The second-order valence-electron chi connectivity index (χ2n) is 7.98. The van der Waals surface area contributed by atoms with Crippen LogP contribution in [0.5, 0.6) is 0 Å². The highest BCUT2D eigenvalue weighted by molar-refractivity contribution is 5.98. The molecule has 2 aromatic carbocycles. The van der Waals surface area contributed by atoms with Crippen molar-refractivity contribution in [2.75, 3.05) is 6.61 Å². The number of rotatable bonds is 10. The predicted molar refractivity (Wildman–Crippen MR) is 121 cm³/mol. The van der Waals surface area contributed by atoms with Gasteiger partial charge in [-0.3, -0.25) is 9.59 Å². The summed E-state index contributed by atoms with van der Waals surface area (Å²) in [5.74, 6) is -1.39. The molecule has 0 saturated heterocycles. The van der Waals surface area contributed by atoms with Gasteiger partial charge in [0.1, 0.15) is 12.1 Å². The number of carbonyl (C=O) groups excluding carboxylic acids is 3. The number of ether oxygens (including phenoxy) is 1. The number of hydrogen-bond donors (Lipinski definition) is 2. The Kier molecular flexibility index (Phi) is 9.25. The molecular weight excluding hydrogens is 392 g/mol. The molecule has 0 bridgehead atoms. The van der Waals surface area contributed by atoms with E-state index in [0.717, 1.165) is 11.1 Å². The summed E-state index contributed by atoms with van der Waals surface area (Å²) in [6.07, 6.45) is 1.00. The highest BCUT2D eigenvalue weighted by Crippen LogP contribution is 2.10. The molecule has 0 aliphatic carbocycles. The Balaban J connectivity index is 2.13. The fraction of sp³-hybridized carbons (Fsp3) is 0.400. The van der Waals surface area contributed by atoms with Crippen molar-refractivity contribution in [3.63, 3.8) is 0 Å². The summed E-state index contributed by atoms with van der Waals surface area (Å²) in [6, 6.07) is 15.0. The highest BCUT2D eigenvalue weighted by Gasteiger charge is 2.30. The van der Waals surface area contributed by atoms with Crippen LogP contribution in [0.1, 0.15) is 48.7 Å². The lowest BCUT2D eigenvalue weighted by Crippen LogP contribution is -2.54. The fourth-order valence-corrected chi connectivity index (χ4v) is 3.07. The molecule has 31 heavy (non-hydrogen) atoms. The molecule has 0 heterocycles. The molecule has 2 atom stereocenters. The minimum atomic E-state index is -0.834. The van der Waals surface area contributed by atoms with Crippen molar-refractivity contribution in [3.8, 4) is 0 Å².